The van der Waals surface area contributed by atoms with E-state index >= 15 is 0 Å². The predicted octanol–water partition coefficient (Wildman–Crippen LogP) is 5.17. The minimum absolute atomic E-state index is 0.301. The molecule has 1 atom stereocenters. The van der Waals surface area contributed by atoms with Crippen LogP contribution in [0.3, 0.4) is 0 Å². The van der Waals surface area contributed by atoms with Crippen molar-refractivity contribution < 1.29 is 14.6 Å². The lowest BCUT2D eigenvalue weighted by molar-refractivity contribution is -0.139. The van der Waals surface area contributed by atoms with Crippen molar-refractivity contribution in [3.05, 3.63) is 131 Å². The molecule has 36 heavy (non-hydrogen) atoms. The van der Waals surface area contributed by atoms with E-state index in [-0.39, 0.29) is 0 Å². The molecule has 4 N–H and O–H groups in total. The second-order valence-corrected chi connectivity index (χ2v) is 9.16. The molecule has 0 fully saturated rings. The fraction of sp³-hybridized carbons (Fsp3) is 0.194. The molecule has 0 aromatic heterocycles. The van der Waals surface area contributed by atoms with Crippen molar-refractivity contribution in [1.29, 1.82) is 0 Å². The number of anilines is 1. The average molecular weight is 479 g/mol. The summed E-state index contributed by atoms with van der Waals surface area (Å²) in [4.78, 5) is 12.8. The van der Waals surface area contributed by atoms with E-state index in [9.17, 15) is 9.90 Å². The minimum Gasteiger partial charge on any atom is -0.491 e. The molecule has 0 saturated heterocycles. The van der Waals surface area contributed by atoms with Crippen molar-refractivity contribution in [2.24, 2.45) is 0 Å². The van der Waals surface area contributed by atoms with Gasteiger partial charge < -0.3 is 15.6 Å². The average Bonchev–Trinajstić information content (AvgIpc) is 2.94. The lowest BCUT2D eigenvalue weighted by atomic mass is 9.76. The van der Waals surface area contributed by atoms with E-state index in [0.717, 1.165) is 40.7 Å². The Morgan fingerprint density at radius 1 is 0.861 bits per heavy atom. The maximum Gasteiger partial charge on any atom is 0.321 e. The summed E-state index contributed by atoms with van der Waals surface area (Å²) < 4.78 is 5.85. The standard InChI is InChI=1S/C31H30N2O3/c32-27-19-18-22(26-17-10-20-36-29(26)27)21-28(30(34)35)33-31(23-11-4-1-5-12-23,24-13-6-2-7-14-24)25-15-8-3-9-16-25/h1-9,11-16,18-19,28,33H,10,17,20-21,32H2,(H,34,35)/t28-/m0/s1. The van der Waals surface area contributed by atoms with Gasteiger partial charge in [0.05, 0.1) is 17.8 Å². The number of nitrogen functional groups attached to an aromatic ring is 1. The minimum atomic E-state index is -0.913. The molecule has 4 aromatic rings. The summed E-state index contributed by atoms with van der Waals surface area (Å²) >= 11 is 0. The third-order valence-corrected chi connectivity index (χ3v) is 6.94. The quantitative estimate of drug-likeness (QED) is 0.240. The molecule has 0 spiro atoms. The van der Waals surface area contributed by atoms with Crippen molar-refractivity contribution in [1.82, 2.24) is 5.32 Å². The monoisotopic (exact) mass is 478 g/mol. The van der Waals surface area contributed by atoms with Crippen molar-refractivity contribution in [2.75, 3.05) is 12.3 Å². The second-order valence-electron chi connectivity index (χ2n) is 9.16. The molecule has 0 amide bonds. The number of nitrogens with one attached hydrogen (secondary N) is 1. The van der Waals surface area contributed by atoms with Crippen LogP contribution in [0.4, 0.5) is 5.69 Å². The number of aliphatic carboxylic acids is 1. The Morgan fingerprint density at radius 3 is 1.89 bits per heavy atom. The smallest absolute Gasteiger partial charge is 0.321 e. The highest BCUT2D eigenvalue weighted by atomic mass is 16.5. The maximum absolute atomic E-state index is 12.8. The topological polar surface area (TPSA) is 84.6 Å². The van der Waals surface area contributed by atoms with E-state index in [4.69, 9.17) is 10.5 Å². The van der Waals surface area contributed by atoms with E-state index in [1.54, 1.807) is 0 Å². The molecule has 5 heteroatoms. The highest BCUT2D eigenvalue weighted by Gasteiger charge is 2.40. The fourth-order valence-electron chi connectivity index (χ4n) is 5.24. The first-order valence-electron chi connectivity index (χ1n) is 12.3. The van der Waals surface area contributed by atoms with Crippen LogP contribution in [0.1, 0.15) is 34.2 Å². The van der Waals surface area contributed by atoms with Crippen molar-refractivity contribution in [3.8, 4) is 5.75 Å². The number of fused-ring (bicyclic) bond motifs is 1. The second kappa shape index (κ2) is 10.3. The van der Waals surface area contributed by atoms with Gasteiger partial charge in [-0.15, -0.1) is 0 Å². The van der Waals surface area contributed by atoms with Crippen molar-refractivity contribution in [2.45, 2.75) is 30.8 Å². The Labute approximate surface area is 211 Å². The number of carboxylic acids is 1. The summed E-state index contributed by atoms with van der Waals surface area (Å²) in [6, 6.07) is 33.0. The van der Waals surface area contributed by atoms with Gasteiger partial charge in [0.1, 0.15) is 11.8 Å². The van der Waals surface area contributed by atoms with Gasteiger partial charge in [0.2, 0.25) is 0 Å². The zero-order valence-corrected chi connectivity index (χ0v) is 20.1. The van der Waals surface area contributed by atoms with E-state index in [0.29, 0.717) is 24.5 Å². The Bertz CT molecular complexity index is 1230. The van der Waals surface area contributed by atoms with Crippen molar-refractivity contribution in [3.63, 3.8) is 0 Å². The summed E-state index contributed by atoms with van der Waals surface area (Å²) in [5, 5.41) is 14.1. The Hall–Kier alpha value is -4.09. The van der Waals surface area contributed by atoms with Crippen LogP contribution in [0.2, 0.25) is 0 Å². The number of nitrogens with two attached hydrogens (primary N) is 1. The zero-order valence-electron chi connectivity index (χ0n) is 20.1. The summed E-state index contributed by atoms with van der Waals surface area (Å²) in [5.41, 5.74) is 10.8. The van der Waals surface area contributed by atoms with Gasteiger partial charge >= 0.3 is 5.97 Å². The first-order valence-corrected chi connectivity index (χ1v) is 12.3. The lowest BCUT2D eigenvalue weighted by Gasteiger charge is -2.39. The predicted molar refractivity (Wildman–Crippen MR) is 142 cm³/mol. The van der Waals surface area contributed by atoms with Gasteiger partial charge in [-0.05, 0) is 53.1 Å². The summed E-state index contributed by atoms with van der Waals surface area (Å²) in [6.07, 6.45) is 2.01. The summed E-state index contributed by atoms with van der Waals surface area (Å²) in [7, 11) is 0. The van der Waals surface area contributed by atoms with Crippen LogP contribution >= 0.6 is 0 Å². The number of hydrogen-bond donors (Lipinski definition) is 3. The molecule has 5 nitrogen and oxygen atoms in total. The molecule has 1 aliphatic heterocycles. The molecular formula is C31H30N2O3. The molecule has 0 radical (unpaired) electrons. The zero-order chi connectivity index (χ0) is 25.0. The summed E-state index contributed by atoms with van der Waals surface area (Å²) in [5.74, 6) is -0.215. The van der Waals surface area contributed by atoms with E-state index in [1.165, 1.54) is 0 Å². The first-order chi connectivity index (χ1) is 17.6. The van der Waals surface area contributed by atoms with Crippen molar-refractivity contribution >= 4 is 11.7 Å². The number of carbonyl (C=O) groups is 1. The van der Waals surface area contributed by atoms with Gasteiger partial charge in [0.15, 0.2) is 0 Å². The Balaban J connectivity index is 1.65. The number of carboxylic acid groups (broad SMARTS) is 1. The first kappa shape index (κ1) is 23.6. The normalized spacial score (nSPS) is 13.9. The molecular weight excluding hydrogens is 448 g/mol. The van der Waals surface area contributed by atoms with Gasteiger partial charge in [-0.1, -0.05) is 97.1 Å². The lowest BCUT2D eigenvalue weighted by Crippen LogP contribution is -2.53. The molecule has 0 unspecified atom stereocenters. The van der Waals surface area contributed by atoms with Gasteiger partial charge in [-0.3, -0.25) is 10.1 Å². The Morgan fingerprint density at radius 2 is 1.39 bits per heavy atom. The molecule has 0 aliphatic carbocycles. The third kappa shape index (κ3) is 4.45. The number of rotatable bonds is 8. The largest absolute Gasteiger partial charge is 0.491 e. The van der Waals surface area contributed by atoms with Crippen LogP contribution < -0.4 is 15.8 Å². The SMILES string of the molecule is Nc1ccc(C[C@H](NC(c2ccccc2)(c2ccccc2)c2ccccc2)C(=O)O)c2c1OCCC2. The molecule has 0 saturated carbocycles. The number of benzene rings is 4. The van der Waals surface area contributed by atoms with Gasteiger partial charge in [0.25, 0.3) is 0 Å². The third-order valence-electron chi connectivity index (χ3n) is 6.94. The van der Waals surface area contributed by atoms with Crippen LogP contribution in [0.25, 0.3) is 0 Å². The molecule has 1 aliphatic rings. The molecule has 182 valence electrons. The van der Waals surface area contributed by atoms with E-state index in [1.807, 2.05) is 103 Å². The molecule has 1 heterocycles. The van der Waals surface area contributed by atoms with Crippen LogP contribution in [0, 0.1) is 0 Å². The highest BCUT2D eigenvalue weighted by molar-refractivity contribution is 5.75. The Kier molecular flexibility index (Phi) is 6.74. The highest BCUT2D eigenvalue weighted by Crippen LogP contribution is 2.38. The van der Waals surface area contributed by atoms with E-state index < -0.39 is 17.6 Å². The van der Waals surface area contributed by atoms with Gasteiger partial charge in [-0.2, -0.15) is 0 Å². The number of ether oxygens (including phenoxy) is 1. The summed E-state index contributed by atoms with van der Waals surface area (Å²) in [6.45, 7) is 0.625. The maximum atomic E-state index is 12.8. The van der Waals surface area contributed by atoms with Crippen LogP contribution in [-0.4, -0.2) is 23.7 Å². The molecule has 4 aromatic carbocycles. The van der Waals surface area contributed by atoms with Crippen LogP contribution in [-0.2, 0) is 23.2 Å². The molecule has 0 bridgehead atoms. The number of hydrogen-bond acceptors (Lipinski definition) is 4. The molecule has 5 rings (SSSR count). The van der Waals surface area contributed by atoms with Crippen LogP contribution in [0.15, 0.2) is 103 Å². The van der Waals surface area contributed by atoms with Gasteiger partial charge in [-0.25, -0.2) is 0 Å². The van der Waals surface area contributed by atoms with Gasteiger partial charge in [0, 0.05) is 0 Å². The van der Waals surface area contributed by atoms with Crippen LogP contribution in [0.5, 0.6) is 5.75 Å². The fourth-order valence-corrected chi connectivity index (χ4v) is 5.24. The van der Waals surface area contributed by atoms with E-state index in [2.05, 4.69) is 5.32 Å².